The summed E-state index contributed by atoms with van der Waals surface area (Å²) in [6.07, 6.45) is 3.73. The first-order valence-electron chi connectivity index (χ1n) is 8.38. The van der Waals surface area contributed by atoms with Crippen LogP contribution in [0, 0.1) is 11.3 Å². The van der Waals surface area contributed by atoms with Crippen molar-refractivity contribution in [3.05, 3.63) is 54.1 Å². The summed E-state index contributed by atoms with van der Waals surface area (Å²) in [4.78, 5) is 2.35. The van der Waals surface area contributed by atoms with E-state index in [-0.39, 0.29) is 0 Å². The molecule has 24 heavy (non-hydrogen) atoms. The third-order valence-electron chi connectivity index (χ3n) is 4.61. The summed E-state index contributed by atoms with van der Waals surface area (Å²) in [6, 6.07) is 18.0. The minimum absolute atomic E-state index is 0.654. The predicted molar refractivity (Wildman–Crippen MR) is 95.8 cm³/mol. The van der Waals surface area contributed by atoms with Crippen molar-refractivity contribution >= 4 is 16.6 Å². The van der Waals surface area contributed by atoms with E-state index >= 15 is 0 Å². The molecule has 4 heteroatoms. The number of fused-ring (bicyclic) bond motifs is 1. The Balaban J connectivity index is 1.84. The lowest BCUT2D eigenvalue weighted by Gasteiger charge is -2.28. The summed E-state index contributed by atoms with van der Waals surface area (Å²) in [7, 11) is 0. The summed E-state index contributed by atoms with van der Waals surface area (Å²) in [5, 5.41) is 20.3. The standard InChI is InChI=1S/C20H18N4/c21-14-15-8-10-16(11-9-15)19-17-6-2-3-7-18(17)20(23-22-19)24-12-4-1-5-13-24/h2-3,6-11H,1,4-5,12-13H2. The second kappa shape index (κ2) is 6.29. The van der Waals surface area contributed by atoms with E-state index in [4.69, 9.17) is 5.26 Å². The van der Waals surface area contributed by atoms with Gasteiger partial charge in [0.1, 0.15) is 5.69 Å². The summed E-state index contributed by atoms with van der Waals surface area (Å²) < 4.78 is 0. The average molecular weight is 314 g/mol. The van der Waals surface area contributed by atoms with Crippen molar-refractivity contribution in [1.29, 1.82) is 5.26 Å². The number of benzene rings is 2. The van der Waals surface area contributed by atoms with Crippen LogP contribution in [0.2, 0.25) is 0 Å². The van der Waals surface area contributed by atoms with Gasteiger partial charge in [-0.05, 0) is 31.4 Å². The van der Waals surface area contributed by atoms with E-state index in [9.17, 15) is 0 Å². The van der Waals surface area contributed by atoms with Crippen LogP contribution in [0.1, 0.15) is 24.8 Å². The van der Waals surface area contributed by atoms with Gasteiger partial charge in [-0.15, -0.1) is 10.2 Å². The number of hydrogen-bond donors (Lipinski definition) is 0. The zero-order valence-corrected chi connectivity index (χ0v) is 13.4. The number of nitriles is 1. The maximum absolute atomic E-state index is 8.97. The fraction of sp³-hybridized carbons (Fsp3) is 0.250. The molecule has 0 bridgehead atoms. The quantitative estimate of drug-likeness (QED) is 0.713. The molecule has 0 N–H and O–H groups in total. The molecule has 3 aromatic rings. The van der Waals surface area contributed by atoms with Crippen LogP contribution in [0.3, 0.4) is 0 Å². The maximum Gasteiger partial charge on any atom is 0.159 e. The van der Waals surface area contributed by atoms with E-state index in [1.54, 1.807) is 0 Å². The Hall–Kier alpha value is -2.93. The van der Waals surface area contributed by atoms with E-state index in [1.165, 1.54) is 19.3 Å². The Morgan fingerprint density at radius 1 is 0.833 bits per heavy atom. The van der Waals surface area contributed by atoms with Gasteiger partial charge >= 0.3 is 0 Å². The first kappa shape index (κ1) is 14.6. The van der Waals surface area contributed by atoms with Crippen LogP contribution in [0.5, 0.6) is 0 Å². The highest BCUT2D eigenvalue weighted by Crippen LogP contribution is 2.32. The highest BCUT2D eigenvalue weighted by molar-refractivity contribution is 6.00. The molecule has 1 aliphatic heterocycles. The molecule has 0 radical (unpaired) electrons. The minimum atomic E-state index is 0.654. The van der Waals surface area contributed by atoms with E-state index in [1.807, 2.05) is 30.3 Å². The van der Waals surface area contributed by atoms with Crippen LogP contribution in [0.15, 0.2) is 48.5 Å². The van der Waals surface area contributed by atoms with Crippen molar-refractivity contribution in [2.24, 2.45) is 0 Å². The highest BCUT2D eigenvalue weighted by Gasteiger charge is 2.17. The number of aromatic nitrogens is 2. The summed E-state index contributed by atoms with van der Waals surface area (Å²) >= 11 is 0. The van der Waals surface area contributed by atoms with E-state index in [0.717, 1.165) is 40.9 Å². The molecule has 118 valence electrons. The van der Waals surface area contributed by atoms with Gasteiger partial charge in [-0.1, -0.05) is 36.4 Å². The van der Waals surface area contributed by atoms with Crippen LogP contribution < -0.4 is 4.90 Å². The molecule has 4 nitrogen and oxygen atoms in total. The fourth-order valence-corrected chi connectivity index (χ4v) is 3.34. The molecule has 1 aromatic heterocycles. The Morgan fingerprint density at radius 3 is 2.25 bits per heavy atom. The molecule has 1 fully saturated rings. The van der Waals surface area contributed by atoms with Gasteiger partial charge in [-0.25, -0.2) is 0 Å². The highest BCUT2D eigenvalue weighted by atomic mass is 15.3. The van der Waals surface area contributed by atoms with E-state index < -0.39 is 0 Å². The van der Waals surface area contributed by atoms with Gasteiger partial charge < -0.3 is 4.90 Å². The molecular weight excluding hydrogens is 296 g/mol. The molecule has 0 spiro atoms. The van der Waals surface area contributed by atoms with Gasteiger partial charge in [0.2, 0.25) is 0 Å². The number of anilines is 1. The second-order valence-electron chi connectivity index (χ2n) is 6.15. The lowest BCUT2D eigenvalue weighted by atomic mass is 10.0. The van der Waals surface area contributed by atoms with Gasteiger partial charge in [0.05, 0.1) is 11.6 Å². The Bertz CT molecular complexity index is 903. The lowest BCUT2D eigenvalue weighted by molar-refractivity contribution is 0.573. The zero-order valence-electron chi connectivity index (χ0n) is 13.4. The molecular formula is C20H18N4. The van der Waals surface area contributed by atoms with Crippen molar-refractivity contribution in [3.8, 4) is 17.3 Å². The average Bonchev–Trinajstić information content (AvgIpc) is 2.68. The molecule has 1 aliphatic rings. The Morgan fingerprint density at radius 2 is 1.54 bits per heavy atom. The number of piperidine rings is 1. The summed E-state index contributed by atoms with van der Waals surface area (Å²) in [6.45, 7) is 2.10. The monoisotopic (exact) mass is 314 g/mol. The van der Waals surface area contributed by atoms with Gasteiger partial charge in [0.25, 0.3) is 0 Å². The molecule has 2 aromatic carbocycles. The molecule has 1 saturated heterocycles. The maximum atomic E-state index is 8.97. The van der Waals surface area contributed by atoms with Crippen LogP contribution in [0.4, 0.5) is 5.82 Å². The van der Waals surface area contributed by atoms with Crippen LogP contribution in [-0.4, -0.2) is 23.3 Å². The lowest BCUT2D eigenvalue weighted by Crippen LogP contribution is -2.30. The van der Waals surface area contributed by atoms with E-state index in [2.05, 4.69) is 39.4 Å². The molecule has 4 rings (SSSR count). The summed E-state index contributed by atoms with van der Waals surface area (Å²) in [5.74, 6) is 0.989. The van der Waals surface area contributed by atoms with Gasteiger partial charge in [0, 0.05) is 29.4 Å². The molecule has 0 aliphatic carbocycles. The molecule has 0 unspecified atom stereocenters. The number of hydrogen-bond acceptors (Lipinski definition) is 4. The van der Waals surface area contributed by atoms with Crippen molar-refractivity contribution in [2.75, 3.05) is 18.0 Å². The van der Waals surface area contributed by atoms with Crippen LogP contribution in [0.25, 0.3) is 22.0 Å². The number of rotatable bonds is 2. The van der Waals surface area contributed by atoms with Crippen molar-refractivity contribution in [2.45, 2.75) is 19.3 Å². The number of nitrogens with zero attached hydrogens (tertiary/aromatic N) is 4. The van der Waals surface area contributed by atoms with Crippen LogP contribution >= 0.6 is 0 Å². The first-order valence-corrected chi connectivity index (χ1v) is 8.38. The van der Waals surface area contributed by atoms with Crippen molar-refractivity contribution in [3.63, 3.8) is 0 Å². The molecule has 0 saturated carbocycles. The second-order valence-corrected chi connectivity index (χ2v) is 6.15. The topological polar surface area (TPSA) is 52.8 Å². The smallest absolute Gasteiger partial charge is 0.159 e. The summed E-state index contributed by atoms with van der Waals surface area (Å²) in [5.41, 5.74) is 2.51. The van der Waals surface area contributed by atoms with Gasteiger partial charge in [0.15, 0.2) is 5.82 Å². The van der Waals surface area contributed by atoms with E-state index in [0.29, 0.717) is 5.56 Å². The Labute approximate surface area is 141 Å². The van der Waals surface area contributed by atoms with Gasteiger partial charge in [-0.2, -0.15) is 5.26 Å². The Kier molecular flexibility index (Phi) is 3.84. The predicted octanol–water partition coefficient (Wildman–Crippen LogP) is 4.16. The molecule has 0 amide bonds. The van der Waals surface area contributed by atoms with Crippen molar-refractivity contribution < 1.29 is 0 Å². The normalized spacial score (nSPS) is 14.5. The largest absolute Gasteiger partial charge is 0.355 e. The van der Waals surface area contributed by atoms with Crippen molar-refractivity contribution in [1.82, 2.24) is 10.2 Å². The first-order chi connectivity index (χ1) is 11.9. The third-order valence-corrected chi connectivity index (χ3v) is 4.61. The minimum Gasteiger partial charge on any atom is -0.355 e. The fourth-order valence-electron chi connectivity index (χ4n) is 3.34. The van der Waals surface area contributed by atoms with Gasteiger partial charge in [-0.3, -0.25) is 0 Å². The third kappa shape index (κ3) is 2.59. The SMILES string of the molecule is N#Cc1ccc(-c2nnc(N3CCCCC3)c3ccccc23)cc1. The van der Waals surface area contributed by atoms with Crippen LogP contribution in [-0.2, 0) is 0 Å². The zero-order chi connectivity index (χ0) is 16.4. The molecule has 0 atom stereocenters. The molecule has 2 heterocycles.